The first-order valence-electron chi connectivity index (χ1n) is 7.28. The summed E-state index contributed by atoms with van der Waals surface area (Å²) in [5.41, 5.74) is 6.33. The van der Waals surface area contributed by atoms with Gasteiger partial charge in [0.2, 0.25) is 0 Å². The fourth-order valence-corrected chi connectivity index (χ4v) is 1.41. The third-order valence-electron chi connectivity index (χ3n) is 2.97. The minimum Gasteiger partial charge on any atom is -0.394 e. The van der Waals surface area contributed by atoms with Crippen LogP contribution in [0.5, 0.6) is 0 Å². The second-order valence-electron chi connectivity index (χ2n) is 7.16. The van der Waals surface area contributed by atoms with Gasteiger partial charge >= 0.3 is 0 Å². The lowest BCUT2D eigenvalue weighted by atomic mass is 9.89. The Hall–Kier alpha value is -1.87. The number of hydrogen-bond donors (Lipinski definition) is 2. The van der Waals surface area contributed by atoms with Crippen LogP contribution < -0.4 is 5.73 Å². The van der Waals surface area contributed by atoms with Crippen LogP contribution >= 0.6 is 0 Å². The Kier molecular flexibility index (Phi) is 7.27. The van der Waals surface area contributed by atoms with E-state index in [2.05, 4.69) is 25.9 Å². The van der Waals surface area contributed by atoms with E-state index < -0.39 is 0 Å². The minimum atomic E-state index is -0.351. The van der Waals surface area contributed by atoms with E-state index in [0.717, 1.165) is 5.69 Å². The number of aromatic nitrogens is 2. The summed E-state index contributed by atoms with van der Waals surface area (Å²) in [6, 6.07) is 3.68. The number of nitrogen functional groups attached to an aromatic ring is 1. The van der Waals surface area contributed by atoms with Crippen LogP contribution in [0.2, 0.25) is 0 Å². The highest BCUT2D eigenvalue weighted by molar-refractivity contribution is 5.85. The van der Waals surface area contributed by atoms with E-state index in [0.29, 0.717) is 12.4 Å². The zero-order valence-electron chi connectivity index (χ0n) is 14.5. The summed E-state index contributed by atoms with van der Waals surface area (Å²) in [6.45, 7) is 12.2. The number of hydrogen-bond acceptors (Lipinski definition) is 5. The number of nitrogens with zero attached hydrogens (tertiary/aromatic N) is 3. The summed E-state index contributed by atoms with van der Waals surface area (Å²) in [5, 5.41) is 21.2. The first-order chi connectivity index (χ1) is 9.93. The summed E-state index contributed by atoms with van der Waals surface area (Å²) in [4.78, 5) is 10.8. The van der Waals surface area contributed by atoms with Crippen molar-refractivity contribution in [2.75, 3.05) is 12.3 Å². The van der Waals surface area contributed by atoms with Crippen molar-refractivity contribution in [3.63, 3.8) is 0 Å². The smallest absolute Gasteiger partial charge is 0.152 e. The van der Waals surface area contributed by atoms with E-state index in [-0.39, 0.29) is 29.6 Å². The molecule has 0 aliphatic rings. The molecule has 0 radical (unpaired) electrons. The summed E-state index contributed by atoms with van der Waals surface area (Å²) < 4.78 is 1.63. The number of anilines is 1. The normalized spacial score (nSPS) is 11.4. The average Bonchev–Trinajstić information content (AvgIpc) is 2.71. The van der Waals surface area contributed by atoms with E-state index in [1.54, 1.807) is 4.68 Å². The topological polar surface area (TPSA) is 105 Å². The van der Waals surface area contributed by atoms with Gasteiger partial charge in [-0.2, -0.15) is 10.4 Å². The van der Waals surface area contributed by atoms with Crippen molar-refractivity contribution in [2.45, 2.75) is 59.9 Å². The Bertz CT molecular complexity index is 528. The number of nitrogens with two attached hydrogens (primary N) is 1. The minimum absolute atomic E-state index is 0.00463. The molecule has 22 heavy (non-hydrogen) atoms. The highest BCUT2D eigenvalue weighted by atomic mass is 16.3. The van der Waals surface area contributed by atoms with Crippen molar-refractivity contribution in [1.29, 1.82) is 5.26 Å². The van der Waals surface area contributed by atoms with Crippen molar-refractivity contribution in [3.05, 3.63) is 11.8 Å². The molecule has 1 rings (SSSR count). The second kappa shape index (κ2) is 7.95. The maximum atomic E-state index is 10.8. The van der Waals surface area contributed by atoms with Crippen molar-refractivity contribution in [2.24, 2.45) is 5.41 Å². The Balaban J connectivity index is 0.000000433. The Morgan fingerprint density at radius 2 is 1.91 bits per heavy atom. The lowest BCUT2D eigenvalue weighted by Crippen LogP contribution is -2.18. The lowest BCUT2D eigenvalue weighted by molar-refractivity contribution is -0.125. The largest absolute Gasteiger partial charge is 0.394 e. The fraction of sp³-hybridized carbons (Fsp3) is 0.688. The molecule has 0 atom stereocenters. The highest BCUT2D eigenvalue weighted by Crippen LogP contribution is 2.22. The van der Waals surface area contributed by atoms with E-state index in [9.17, 15) is 4.79 Å². The number of Topliss-reactive ketones (excluding diaryl/α,β-unsaturated/α-hetero) is 1. The molecule has 0 aromatic carbocycles. The van der Waals surface area contributed by atoms with Gasteiger partial charge in [0.25, 0.3) is 0 Å². The van der Waals surface area contributed by atoms with Crippen molar-refractivity contribution < 1.29 is 9.90 Å². The molecular weight excluding hydrogens is 280 g/mol. The molecule has 0 saturated heterocycles. The summed E-state index contributed by atoms with van der Waals surface area (Å²) in [7, 11) is 0. The van der Waals surface area contributed by atoms with Crippen molar-refractivity contribution >= 4 is 11.6 Å². The maximum Gasteiger partial charge on any atom is 0.152 e. The van der Waals surface area contributed by atoms with Gasteiger partial charge in [-0.25, -0.2) is 4.68 Å². The molecule has 6 nitrogen and oxygen atoms in total. The first kappa shape index (κ1) is 20.1. The van der Waals surface area contributed by atoms with E-state index in [1.165, 1.54) is 0 Å². The molecule has 0 spiro atoms. The SMILES string of the molecule is CC(C)(C)C(=O)CC#N.CC(C)(C)c1cc(N)n(CCO)n1. The second-order valence-corrected chi connectivity index (χ2v) is 7.16. The monoisotopic (exact) mass is 308 g/mol. The van der Waals surface area contributed by atoms with Gasteiger partial charge in [-0.1, -0.05) is 41.5 Å². The number of nitriles is 1. The number of carbonyl (C=O) groups excluding carboxylic acids is 1. The Labute approximate surface area is 132 Å². The zero-order chi connectivity index (χ0) is 17.6. The van der Waals surface area contributed by atoms with Crippen LogP contribution in [-0.4, -0.2) is 27.3 Å². The molecule has 0 fully saturated rings. The van der Waals surface area contributed by atoms with Gasteiger partial charge in [0, 0.05) is 16.9 Å². The third kappa shape index (κ3) is 6.72. The van der Waals surface area contributed by atoms with E-state index in [1.807, 2.05) is 32.9 Å². The molecule has 0 aliphatic carbocycles. The molecule has 1 aromatic heterocycles. The Morgan fingerprint density at radius 1 is 1.36 bits per heavy atom. The predicted molar refractivity (Wildman–Crippen MR) is 87.1 cm³/mol. The van der Waals surface area contributed by atoms with Crippen molar-refractivity contribution in [1.82, 2.24) is 9.78 Å². The van der Waals surface area contributed by atoms with E-state index in [4.69, 9.17) is 16.1 Å². The molecule has 6 heteroatoms. The highest BCUT2D eigenvalue weighted by Gasteiger charge is 2.20. The predicted octanol–water partition coefficient (Wildman–Crippen LogP) is 2.27. The number of ketones is 1. The molecule has 3 N–H and O–H groups in total. The molecule has 0 amide bonds. The molecule has 0 saturated carbocycles. The average molecular weight is 308 g/mol. The summed E-state index contributed by atoms with van der Waals surface area (Å²) in [6.07, 6.45) is 0.0312. The van der Waals surface area contributed by atoms with Gasteiger partial charge < -0.3 is 10.8 Å². The van der Waals surface area contributed by atoms with Crippen LogP contribution in [0.3, 0.4) is 0 Å². The molecule has 0 unspecified atom stereocenters. The molecule has 124 valence electrons. The first-order valence-corrected chi connectivity index (χ1v) is 7.28. The summed E-state index contributed by atoms with van der Waals surface area (Å²) >= 11 is 0. The maximum absolute atomic E-state index is 10.8. The summed E-state index contributed by atoms with van der Waals surface area (Å²) in [5.74, 6) is 0.615. The molecule has 1 aromatic rings. The van der Waals surface area contributed by atoms with E-state index >= 15 is 0 Å². The lowest BCUT2D eigenvalue weighted by Gasteiger charge is -2.13. The number of aliphatic hydroxyl groups excluding tert-OH is 1. The quantitative estimate of drug-likeness (QED) is 0.891. The van der Waals surface area contributed by atoms with Crippen LogP contribution in [0.15, 0.2) is 6.07 Å². The number of aliphatic hydroxyl groups is 1. The fourth-order valence-electron chi connectivity index (χ4n) is 1.41. The van der Waals surface area contributed by atoms with Crippen LogP contribution in [0, 0.1) is 16.7 Å². The zero-order valence-corrected chi connectivity index (χ0v) is 14.5. The van der Waals surface area contributed by atoms with Gasteiger partial charge in [0.05, 0.1) is 31.3 Å². The van der Waals surface area contributed by atoms with Gasteiger partial charge in [-0.15, -0.1) is 0 Å². The molecular formula is C16H28N4O2. The standard InChI is InChI=1S/C9H17N3O.C7H11NO/c1-9(2,3)7-6-8(10)12(11-7)4-5-13;1-7(2,3)6(9)4-5-8/h6,13H,4-5,10H2,1-3H3;4H2,1-3H3. The van der Waals surface area contributed by atoms with Gasteiger partial charge in [0.15, 0.2) is 5.78 Å². The Morgan fingerprint density at radius 3 is 2.18 bits per heavy atom. The number of carbonyl (C=O) groups is 1. The molecule has 0 aliphatic heterocycles. The molecule has 1 heterocycles. The van der Waals surface area contributed by atoms with Crippen molar-refractivity contribution in [3.8, 4) is 6.07 Å². The van der Waals surface area contributed by atoms with Crippen LogP contribution in [0.25, 0.3) is 0 Å². The van der Waals surface area contributed by atoms with Gasteiger partial charge in [-0.3, -0.25) is 4.79 Å². The molecule has 0 bridgehead atoms. The van der Waals surface area contributed by atoms with Crippen LogP contribution in [0.4, 0.5) is 5.82 Å². The van der Waals surface area contributed by atoms with Gasteiger partial charge in [-0.05, 0) is 0 Å². The number of rotatable bonds is 3. The third-order valence-corrected chi connectivity index (χ3v) is 2.97. The van der Waals surface area contributed by atoms with Gasteiger partial charge in [0.1, 0.15) is 5.82 Å². The van der Waals surface area contributed by atoms with Crippen LogP contribution in [0.1, 0.15) is 53.7 Å². The van der Waals surface area contributed by atoms with Crippen LogP contribution in [-0.2, 0) is 16.8 Å².